The molecule has 0 amide bonds. The summed E-state index contributed by atoms with van der Waals surface area (Å²) in [6, 6.07) is 7.60. The van der Waals surface area contributed by atoms with E-state index in [-0.39, 0.29) is 11.7 Å². The molecular weight excluding hydrogens is 447 g/mol. The summed E-state index contributed by atoms with van der Waals surface area (Å²) in [5, 5.41) is 13.6. The van der Waals surface area contributed by atoms with Gasteiger partial charge in [0, 0.05) is 43.5 Å². The van der Waals surface area contributed by atoms with Crippen molar-refractivity contribution in [3.8, 4) is 22.6 Å². The number of alkyl halides is 3. The molecule has 4 aromatic rings. The number of ether oxygens (including phenoxy) is 1. The van der Waals surface area contributed by atoms with Crippen LogP contribution in [0.5, 0.6) is 5.75 Å². The maximum absolute atomic E-state index is 12.5. The summed E-state index contributed by atoms with van der Waals surface area (Å²) >= 11 is 0. The van der Waals surface area contributed by atoms with Crippen molar-refractivity contribution < 1.29 is 17.9 Å². The maximum atomic E-state index is 12.5. The maximum Gasteiger partial charge on any atom is 0.573 e. The van der Waals surface area contributed by atoms with E-state index >= 15 is 0 Å². The second kappa shape index (κ2) is 8.73. The second-order valence-electron chi connectivity index (χ2n) is 8.55. The molecule has 5 rings (SSSR count). The number of hydrogen-bond acceptors (Lipinski definition) is 6. The lowest BCUT2D eigenvalue weighted by Crippen LogP contribution is -2.40. The zero-order valence-corrected chi connectivity index (χ0v) is 18.8. The third kappa shape index (κ3) is 4.48. The normalized spacial score (nSPS) is 14.6. The Morgan fingerprint density at radius 1 is 1.15 bits per heavy atom. The van der Waals surface area contributed by atoms with Crippen LogP contribution in [0, 0.1) is 0 Å². The highest BCUT2D eigenvalue weighted by atomic mass is 19.4. The van der Waals surface area contributed by atoms with Crippen molar-refractivity contribution in [1.82, 2.24) is 34.8 Å². The number of nitrogens with one attached hydrogen (secondary N) is 1. The molecule has 4 heterocycles. The number of benzene rings is 1. The largest absolute Gasteiger partial charge is 0.573 e. The summed E-state index contributed by atoms with van der Waals surface area (Å²) in [7, 11) is 4.04. The van der Waals surface area contributed by atoms with Crippen LogP contribution in [0.1, 0.15) is 11.6 Å². The van der Waals surface area contributed by atoms with Crippen molar-refractivity contribution in [2.24, 2.45) is 0 Å². The lowest BCUT2D eigenvalue weighted by molar-refractivity contribution is -0.274. The minimum Gasteiger partial charge on any atom is -0.406 e. The number of nitrogens with zero attached hydrogens (tertiary/aromatic N) is 6. The van der Waals surface area contributed by atoms with Gasteiger partial charge in [-0.2, -0.15) is 10.2 Å². The van der Waals surface area contributed by atoms with Gasteiger partial charge in [0.2, 0.25) is 0 Å². The number of likely N-dealkylation sites (N-methyl/N-ethyl adjacent to an activating group) is 1. The van der Waals surface area contributed by atoms with Crippen LogP contribution in [-0.4, -0.2) is 69.5 Å². The highest BCUT2D eigenvalue weighted by Gasteiger charge is 2.31. The van der Waals surface area contributed by atoms with Gasteiger partial charge in [-0.05, 0) is 50.0 Å². The minimum atomic E-state index is -4.74. The summed E-state index contributed by atoms with van der Waals surface area (Å²) in [5.41, 5.74) is 4.10. The second-order valence-corrected chi connectivity index (χ2v) is 8.55. The lowest BCUT2D eigenvalue weighted by Gasteiger charge is -2.25. The van der Waals surface area contributed by atoms with Gasteiger partial charge in [-0.25, -0.2) is 9.67 Å². The Labute approximate surface area is 193 Å². The van der Waals surface area contributed by atoms with Crippen molar-refractivity contribution in [2.75, 3.05) is 33.7 Å². The monoisotopic (exact) mass is 471 g/mol. The molecule has 0 aliphatic carbocycles. The van der Waals surface area contributed by atoms with Gasteiger partial charge in [-0.15, -0.1) is 13.2 Å². The molecule has 0 radical (unpaired) electrons. The number of aromatic nitrogens is 5. The van der Waals surface area contributed by atoms with Crippen molar-refractivity contribution in [3.05, 3.63) is 54.6 Å². The lowest BCUT2D eigenvalue weighted by atomic mass is 9.94. The Kier molecular flexibility index (Phi) is 5.74. The SMILES string of the molecule is CN(C)CCn1cc(-c2ccnc3c2c(C2CNC2)nn3-c2ccc(OC(F)(F)F)cc2)cn1. The van der Waals surface area contributed by atoms with Crippen LogP contribution in [0.15, 0.2) is 48.9 Å². The van der Waals surface area contributed by atoms with E-state index < -0.39 is 6.36 Å². The van der Waals surface area contributed by atoms with E-state index in [0.29, 0.717) is 11.3 Å². The molecule has 1 fully saturated rings. The average molecular weight is 471 g/mol. The fourth-order valence-electron chi connectivity index (χ4n) is 3.97. The summed E-state index contributed by atoms with van der Waals surface area (Å²) in [6.07, 6.45) is 0.838. The van der Waals surface area contributed by atoms with Crippen LogP contribution in [0.2, 0.25) is 0 Å². The van der Waals surface area contributed by atoms with Crippen LogP contribution in [0.25, 0.3) is 27.8 Å². The van der Waals surface area contributed by atoms with Crippen LogP contribution < -0.4 is 10.1 Å². The summed E-state index contributed by atoms with van der Waals surface area (Å²) in [4.78, 5) is 6.69. The first-order valence-electron chi connectivity index (χ1n) is 10.9. The van der Waals surface area contributed by atoms with E-state index in [0.717, 1.165) is 48.4 Å². The van der Waals surface area contributed by atoms with Gasteiger partial charge in [-0.1, -0.05) is 0 Å². The molecule has 8 nitrogen and oxygen atoms in total. The average Bonchev–Trinajstić information content (AvgIpc) is 3.36. The Morgan fingerprint density at radius 2 is 1.91 bits per heavy atom. The highest BCUT2D eigenvalue weighted by Crippen LogP contribution is 2.36. The van der Waals surface area contributed by atoms with Gasteiger partial charge in [0.25, 0.3) is 0 Å². The molecule has 1 aromatic carbocycles. The molecule has 1 aliphatic rings. The fourth-order valence-corrected chi connectivity index (χ4v) is 3.97. The molecule has 1 N–H and O–H groups in total. The molecule has 3 aromatic heterocycles. The smallest absolute Gasteiger partial charge is 0.406 e. The number of halogens is 3. The van der Waals surface area contributed by atoms with Crippen LogP contribution in [0.3, 0.4) is 0 Å². The molecule has 178 valence electrons. The fraction of sp³-hybridized carbons (Fsp3) is 0.348. The Morgan fingerprint density at radius 3 is 2.56 bits per heavy atom. The molecule has 1 saturated heterocycles. The summed E-state index contributed by atoms with van der Waals surface area (Å²) in [6.45, 7) is 3.26. The number of fused-ring (bicyclic) bond motifs is 1. The molecule has 1 aliphatic heterocycles. The van der Waals surface area contributed by atoms with Crippen LogP contribution in [0.4, 0.5) is 13.2 Å². The molecule has 0 spiro atoms. The summed E-state index contributed by atoms with van der Waals surface area (Å²) in [5.74, 6) is -0.0572. The highest BCUT2D eigenvalue weighted by molar-refractivity contribution is 5.95. The van der Waals surface area contributed by atoms with E-state index in [1.54, 1.807) is 23.0 Å². The Balaban J connectivity index is 1.56. The van der Waals surface area contributed by atoms with Crippen LogP contribution in [-0.2, 0) is 6.54 Å². The first kappa shape index (κ1) is 22.4. The Bertz CT molecular complexity index is 1290. The van der Waals surface area contributed by atoms with E-state index in [2.05, 4.69) is 25.0 Å². The Hall–Kier alpha value is -3.44. The van der Waals surface area contributed by atoms with Crippen molar-refractivity contribution in [1.29, 1.82) is 0 Å². The van der Waals surface area contributed by atoms with E-state index in [1.165, 1.54) is 12.1 Å². The summed E-state index contributed by atoms with van der Waals surface area (Å²) < 4.78 is 45.2. The number of rotatable bonds is 7. The van der Waals surface area contributed by atoms with E-state index in [9.17, 15) is 13.2 Å². The zero-order chi connectivity index (χ0) is 23.9. The van der Waals surface area contributed by atoms with Gasteiger partial charge < -0.3 is 15.0 Å². The number of pyridine rings is 1. The standard InChI is InChI=1S/C23H24F3N7O/c1-31(2)9-10-32-14-16(13-29-32)19-7-8-28-22-20(19)21(15-11-27-12-15)30-33(22)17-3-5-18(6-4-17)34-23(24,25)26/h3-8,13-15,27H,9-12H2,1-2H3. The van der Waals surface area contributed by atoms with Gasteiger partial charge in [0.1, 0.15) is 5.75 Å². The van der Waals surface area contributed by atoms with Crippen molar-refractivity contribution in [3.63, 3.8) is 0 Å². The van der Waals surface area contributed by atoms with E-state index in [4.69, 9.17) is 5.10 Å². The molecule has 0 atom stereocenters. The zero-order valence-electron chi connectivity index (χ0n) is 18.8. The quantitative estimate of drug-likeness (QED) is 0.445. The van der Waals surface area contributed by atoms with Gasteiger partial charge in [0.05, 0.1) is 29.5 Å². The predicted molar refractivity (Wildman–Crippen MR) is 121 cm³/mol. The third-order valence-electron chi connectivity index (χ3n) is 5.80. The molecule has 34 heavy (non-hydrogen) atoms. The van der Waals surface area contributed by atoms with Crippen molar-refractivity contribution >= 4 is 11.0 Å². The minimum absolute atomic E-state index is 0.225. The predicted octanol–water partition coefficient (Wildman–Crippen LogP) is 3.43. The topological polar surface area (TPSA) is 73.0 Å². The molecule has 11 heteroatoms. The molecule has 0 saturated carbocycles. The van der Waals surface area contributed by atoms with Gasteiger partial charge in [-0.3, -0.25) is 4.68 Å². The molecule has 0 bridgehead atoms. The first-order chi connectivity index (χ1) is 16.3. The van der Waals surface area contributed by atoms with Crippen LogP contribution >= 0.6 is 0 Å². The van der Waals surface area contributed by atoms with Gasteiger partial charge in [0.15, 0.2) is 5.65 Å². The first-order valence-corrected chi connectivity index (χ1v) is 10.9. The molecular formula is C23H24F3N7O. The van der Waals surface area contributed by atoms with Crippen molar-refractivity contribution in [2.45, 2.75) is 18.8 Å². The van der Waals surface area contributed by atoms with E-state index in [1.807, 2.05) is 37.2 Å². The number of hydrogen-bond donors (Lipinski definition) is 1. The molecule has 0 unspecified atom stereocenters. The van der Waals surface area contributed by atoms with Gasteiger partial charge >= 0.3 is 6.36 Å². The third-order valence-corrected chi connectivity index (χ3v) is 5.80.